The number of nitrogens with zero attached hydrogens (tertiary/aromatic N) is 4. The second-order valence-electron chi connectivity index (χ2n) is 10.7. The zero-order valence-corrected chi connectivity index (χ0v) is 25.4. The smallest absolute Gasteiger partial charge is 0.394 e. The molecule has 2 aromatic heterocycles. The van der Waals surface area contributed by atoms with Crippen LogP contribution in [-0.2, 0) is 16.2 Å². The molecule has 254 valence electrons. The molecule has 0 bridgehead atoms. The lowest BCUT2D eigenvalue weighted by molar-refractivity contribution is -0.230. The second-order valence-corrected chi connectivity index (χ2v) is 10.7. The van der Waals surface area contributed by atoms with Gasteiger partial charge in [-0.15, -0.1) is 0 Å². The molecule has 1 amide bonds. The summed E-state index contributed by atoms with van der Waals surface area (Å²) in [5.74, 6) is -6.24. The van der Waals surface area contributed by atoms with Gasteiger partial charge < -0.3 is 20.4 Å². The van der Waals surface area contributed by atoms with E-state index < -0.39 is 66.7 Å². The Hall–Kier alpha value is -5.74. The number of para-hydroxylation sites is 1. The van der Waals surface area contributed by atoms with Gasteiger partial charge in [-0.05, 0) is 48.4 Å². The first-order valence-corrected chi connectivity index (χ1v) is 14.4. The Labute approximate surface area is 273 Å². The third kappa shape index (κ3) is 7.39. The lowest BCUT2D eigenvalue weighted by Crippen LogP contribution is -2.38. The van der Waals surface area contributed by atoms with Crippen molar-refractivity contribution >= 4 is 28.9 Å². The van der Waals surface area contributed by atoms with Gasteiger partial charge in [-0.3, -0.25) is 14.2 Å². The van der Waals surface area contributed by atoms with Crippen LogP contribution < -0.4 is 10.9 Å². The monoisotopic (exact) mass is 683 g/mol. The SMILES string of the molecule is Cc1ccc(C(=O)N(Cc2ccccc2)OC(=O)C(F)(F)F)cc1-c1nc(NC(CO)CO)nc2c1ccc(=O)n2-c1c(F)cccc1F. The molecule has 0 radical (unpaired) electrons. The number of halogens is 5. The van der Waals surface area contributed by atoms with Crippen LogP contribution in [0.5, 0.6) is 0 Å². The molecule has 49 heavy (non-hydrogen) atoms. The van der Waals surface area contributed by atoms with Gasteiger partial charge >= 0.3 is 12.1 Å². The number of carbonyl (C=O) groups is 2. The summed E-state index contributed by atoms with van der Waals surface area (Å²) in [5.41, 5.74) is -1.25. The maximum Gasteiger partial charge on any atom is 0.493 e. The lowest BCUT2D eigenvalue weighted by Gasteiger charge is -2.22. The lowest BCUT2D eigenvalue weighted by atomic mass is 9.99. The predicted octanol–water partition coefficient (Wildman–Crippen LogP) is 4.46. The number of rotatable bonds is 9. The van der Waals surface area contributed by atoms with Gasteiger partial charge in [-0.1, -0.05) is 42.5 Å². The van der Waals surface area contributed by atoms with Crippen LogP contribution >= 0.6 is 0 Å². The number of aliphatic hydroxyl groups is 2. The summed E-state index contributed by atoms with van der Waals surface area (Å²) in [6, 6.07) is 16.0. The van der Waals surface area contributed by atoms with Crippen molar-refractivity contribution in [3.05, 3.63) is 118 Å². The fraction of sp³-hybridized carbons (Fsp3) is 0.182. The van der Waals surface area contributed by atoms with E-state index in [0.717, 1.165) is 24.3 Å². The molecule has 0 spiro atoms. The number of pyridine rings is 1. The summed E-state index contributed by atoms with van der Waals surface area (Å²) in [6.07, 6.45) is -5.41. The number of hydrogen-bond donors (Lipinski definition) is 3. The van der Waals surface area contributed by atoms with Crippen molar-refractivity contribution in [1.29, 1.82) is 0 Å². The maximum absolute atomic E-state index is 15.0. The second kappa shape index (κ2) is 14.2. The Morgan fingerprint density at radius 2 is 1.61 bits per heavy atom. The molecule has 0 fully saturated rings. The average Bonchev–Trinajstić information content (AvgIpc) is 3.07. The molecular formula is C33H26F5N5O6. The highest BCUT2D eigenvalue weighted by atomic mass is 19.4. The predicted molar refractivity (Wildman–Crippen MR) is 165 cm³/mol. The van der Waals surface area contributed by atoms with E-state index in [1.165, 1.54) is 36.4 Å². The van der Waals surface area contributed by atoms with Crippen LogP contribution in [0, 0.1) is 18.6 Å². The summed E-state index contributed by atoms with van der Waals surface area (Å²) in [5, 5.41) is 22.3. The number of aryl methyl sites for hydroxylation is 1. The number of nitrogens with one attached hydrogen (secondary N) is 1. The van der Waals surface area contributed by atoms with Crippen LogP contribution in [0.4, 0.5) is 27.9 Å². The fourth-order valence-electron chi connectivity index (χ4n) is 4.84. The molecular weight excluding hydrogens is 657 g/mol. The van der Waals surface area contributed by atoms with Gasteiger partial charge in [-0.2, -0.15) is 23.2 Å². The zero-order chi connectivity index (χ0) is 35.5. The molecule has 11 nitrogen and oxygen atoms in total. The first-order chi connectivity index (χ1) is 23.3. The van der Waals surface area contributed by atoms with Gasteiger partial charge in [0.2, 0.25) is 5.95 Å². The summed E-state index contributed by atoms with van der Waals surface area (Å²) in [6.45, 7) is -0.117. The molecule has 0 saturated heterocycles. The molecule has 0 aliphatic carbocycles. The van der Waals surface area contributed by atoms with Gasteiger partial charge in [0.1, 0.15) is 17.3 Å². The third-order valence-corrected chi connectivity index (χ3v) is 7.25. The van der Waals surface area contributed by atoms with Crippen LogP contribution in [-0.4, -0.2) is 67.1 Å². The van der Waals surface area contributed by atoms with Crippen molar-refractivity contribution in [3.8, 4) is 16.9 Å². The minimum atomic E-state index is -5.41. The van der Waals surface area contributed by atoms with E-state index >= 15 is 8.78 Å². The largest absolute Gasteiger partial charge is 0.493 e. The van der Waals surface area contributed by atoms with Crippen LogP contribution in [0.1, 0.15) is 21.5 Å². The van der Waals surface area contributed by atoms with Crippen molar-refractivity contribution < 1.29 is 46.6 Å². The molecule has 3 N–H and O–H groups in total. The highest BCUT2D eigenvalue weighted by molar-refractivity contribution is 5.98. The Kier molecular flexibility index (Phi) is 10.0. The van der Waals surface area contributed by atoms with E-state index in [1.54, 1.807) is 25.1 Å². The van der Waals surface area contributed by atoms with Crippen molar-refractivity contribution in [3.63, 3.8) is 0 Å². The van der Waals surface area contributed by atoms with Gasteiger partial charge in [-0.25, -0.2) is 18.6 Å². The van der Waals surface area contributed by atoms with Crippen LogP contribution in [0.25, 0.3) is 28.0 Å². The van der Waals surface area contributed by atoms with E-state index in [2.05, 4.69) is 20.1 Å². The van der Waals surface area contributed by atoms with E-state index in [4.69, 9.17) is 0 Å². The molecule has 2 heterocycles. The Morgan fingerprint density at radius 1 is 0.939 bits per heavy atom. The molecule has 16 heteroatoms. The van der Waals surface area contributed by atoms with Crippen LogP contribution in [0.2, 0.25) is 0 Å². The van der Waals surface area contributed by atoms with Gasteiger partial charge in [0.25, 0.3) is 11.5 Å². The fourth-order valence-corrected chi connectivity index (χ4v) is 4.84. The van der Waals surface area contributed by atoms with E-state index in [9.17, 15) is 37.8 Å². The molecule has 0 aliphatic heterocycles. The third-order valence-electron chi connectivity index (χ3n) is 7.25. The number of alkyl halides is 3. The number of benzene rings is 3. The van der Waals surface area contributed by atoms with Gasteiger partial charge in [0.05, 0.1) is 31.5 Å². The van der Waals surface area contributed by atoms with E-state index in [-0.39, 0.29) is 38.9 Å². The number of aromatic nitrogens is 3. The summed E-state index contributed by atoms with van der Waals surface area (Å²) < 4.78 is 70.2. The standard InChI is InChI=1S/C33H26F5N5O6/c1-18-10-11-20(30(47)42(49-31(48)33(36,37)38)15-19-6-3-2-4-7-19)14-23(18)27-22-12-13-26(46)43(28-24(34)8-5-9-25(28)35)29(22)41-32(40-27)39-21(16-44)17-45/h2-14,21,44-45H,15-17H2,1H3,(H,39,40,41). The summed E-state index contributed by atoms with van der Waals surface area (Å²) in [7, 11) is 0. The van der Waals surface area contributed by atoms with Crippen molar-refractivity contribution in [2.24, 2.45) is 0 Å². The average molecular weight is 684 g/mol. The zero-order valence-electron chi connectivity index (χ0n) is 25.4. The minimum absolute atomic E-state index is 0.0123. The minimum Gasteiger partial charge on any atom is -0.394 e. The molecule has 5 aromatic rings. The topological polar surface area (TPSA) is 147 Å². The quantitative estimate of drug-likeness (QED) is 0.151. The van der Waals surface area contributed by atoms with Crippen molar-refractivity contribution in [1.82, 2.24) is 19.6 Å². The number of hydroxylamine groups is 2. The Morgan fingerprint density at radius 3 is 2.24 bits per heavy atom. The molecule has 0 unspecified atom stereocenters. The highest BCUT2D eigenvalue weighted by Crippen LogP contribution is 2.32. The molecule has 5 rings (SSSR count). The first kappa shape index (κ1) is 34.6. The van der Waals surface area contributed by atoms with E-state index in [1.807, 2.05) is 0 Å². The molecule has 0 aliphatic rings. The molecule has 0 atom stereocenters. The number of amides is 1. The number of aliphatic hydroxyl groups excluding tert-OH is 2. The first-order valence-electron chi connectivity index (χ1n) is 14.4. The summed E-state index contributed by atoms with van der Waals surface area (Å²) in [4.78, 5) is 51.8. The summed E-state index contributed by atoms with van der Waals surface area (Å²) >= 11 is 0. The van der Waals surface area contributed by atoms with Gasteiger partial charge in [0, 0.05) is 22.6 Å². The number of anilines is 1. The maximum atomic E-state index is 15.0. The number of carbonyl (C=O) groups excluding carboxylic acids is 2. The Bertz CT molecular complexity index is 2070. The molecule has 0 saturated carbocycles. The number of hydrogen-bond acceptors (Lipinski definition) is 9. The Balaban J connectivity index is 1.71. The van der Waals surface area contributed by atoms with Crippen LogP contribution in [0.3, 0.4) is 0 Å². The van der Waals surface area contributed by atoms with Crippen LogP contribution in [0.15, 0.2) is 83.7 Å². The highest BCUT2D eigenvalue weighted by Gasteiger charge is 2.43. The normalized spacial score (nSPS) is 11.5. The van der Waals surface area contributed by atoms with E-state index in [0.29, 0.717) is 15.7 Å². The van der Waals surface area contributed by atoms with Crippen molar-refractivity contribution in [2.75, 3.05) is 18.5 Å². The molecule has 3 aromatic carbocycles. The number of fused-ring (bicyclic) bond motifs is 1. The van der Waals surface area contributed by atoms with Crippen molar-refractivity contribution in [2.45, 2.75) is 25.7 Å². The van der Waals surface area contributed by atoms with Gasteiger partial charge in [0.15, 0.2) is 5.65 Å².